The number of aromatic nitrogens is 4. The van der Waals surface area contributed by atoms with Gasteiger partial charge in [-0.3, -0.25) is 13.7 Å². The van der Waals surface area contributed by atoms with Crippen molar-refractivity contribution < 1.29 is 77.8 Å². The summed E-state index contributed by atoms with van der Waals surface area (Å²) in [4.78, 5) is 4.79. The molecule has 0 aliphatic heterocycles. The van der Waals surface area contributed by atoms with Crippen LogP contribution in [0.4, 0.5) is 0 Å². The molecule has 5 heteroatoms. The van der Waals surface area contributed by atoms with Gasteiger partial charge < -0.3 is 4.74 Å². The third-order valence-corrected chi connectivity index (χ3v) is 16.1. The molecular formula is C84H84N4O. The fourth-order valence-corrected chi connectivity index (χ4v) is 11.7. The van der Waals surface area contributed by atoms with E-state index in [1.807, 2.05) is 26.8 Å². The summed E-state index contributed by atoms with van der Waals surface area (Å²) in [6, 6.07) is 20.1. The van der Waals surface area contributed by atoms with E-state index in [1.54, 1.807) is 47.2 Å². The van der Waals surface area contributed by atoms with Gasteiger partial charge in [0.25, 0.3) is 6.33 Å². The molecule has 0 radical (unpaired) electrons. The number of nitrogens with zero attached hydrogens (tertiary/aromatic N) is 4. The Morgan fingerprint density at radius 3 is 1.63 bits per heavy atom. The average Bonchev–Trinajstić information content (AvgIpc) is 0.729. The maximum absolute atomic E-state index is 10.6. The third-order valence-electron chi connectivity index (χ3n) is 16.1. The molecule has 2 aliphatic carbocycles. The second-order valence-corrected chi connectivity index (χ2v) is 23.1. The second-order valence-electron chi connectivity index (χ2n) is 23.1. The smallest absolute Gasteiger partial charge is 0.269 e. The number of para-hydroxylation sites is 1. The summed E-state index contributed by atoms with van der Waals surface area (Å²) in [5.74, 6) is 0.260. The molecule has 0 saturated heterocycles. The number of aryl methyl sites for hydroxylation is 4. The Kier molecular flexibility index (Phi) is 5.76. The Bertz CT molecular complexity index is 6730. The Morgan fingerprint density at radius 2 is 1.06 bits per heavy atom. The lowest BCUT2D eigenvalue weighted by Crippen LogP contribution is -2.34. The van der Waals surface area contributed by atoms with Crippen LogP contribution >= 0.6 is 0 Å². The Balaban J connectivity index is 1.18. The van der Waals surface area contributed by atoms with Gasteiger partial charge in [0.15, 0.2) is 0 Å². The van der Waals surface area contributed by atoms with Gasteiger partial charge in [-0.15, -0.1) is 0 Å². The van der Waals surface area contributed by atoms with E-state index in [2.05, 4.69) is 6.33 Å². The van der Waals surface area contributed by atoms with Crippen LogP contribution in [0, 0.1) is 33.7 Å². The Morgan fingerprint density at radius 1 is 0.517 bits per heavy atom. The van der Waals surface area contributed by atoms with Crippen molar-refractivity contribution in [2.45, 2.75) is 156 Å². The first-order valence-corrected chi connectivity index (χ1v) is 27.9. The van der Waals surface area contributed by atoms with Gasteiger partial charge in [-0.1, -0.05) is 191 Å². The van der Waals surface area contributed by atoms with Crippen molar-refractivity contribution in [3.05, 3.63) is 244 Å². The van der Waals surface area contributed by atoms with Crippen LogP contribution in [0.15, 0.2) is 188 Å². The molecule has 0 amide bonds. The molecule has 0 unspecified atom stereocenters. The largest absolute Gasteiger partial charge is 0.458 e. The molecule has 0 spiro atoms. The van der Waals surface area contributed by atoms with Crippen molar-refractivity contribution in [3.63, 3.8) is 0 Å². The number of rotatable bonds is 9. The fourth-order valence-electron chi connectivity index (χ4n) is 11.7. The summed E-state index contributed by atoms with van der Waals surface area (Å²) < 4.78 is 474. The lowest BCUT2D eigenvalue weighted by molar-refractivity contribution is -0.571. The van der Waals surface area contributed by atoms with Crippen molar-refractivity contribution in [2.75, 3.05) is 0 Å². The van der Waals surface area contributed by atoms with Crippen LogP contribution in [-0.2, 0) is 27.1 Å². The summed E-state index contributed by atoms with van der Waals surface area (Å²) in [5.41, 5.74) is -36.6. The van der Waals surface area contributed by atoms with E-state index >= 15 is 0 Å². The van der Waals surface area contributed by atoms with Crippen LogP contribution in [0.2, 0.25) is 0 Å². The van der Waals surface area contributed by atoms with E-state index in [1.165, 1.54) is 60.7 Å². The van der Waals surface area contributed by atoms with Crippen molar-refractivity contribution in [1.82, 2.24) is 14.1 Å². The van der Waals surface area contributed by atoms with E-state index in [9.17, 15) is 35.6 Å². The topological polar surface area (TPSA) is 35.9 Å². The lowest BCUT2D eigenvalue weighted by atomic mass is 9.62. The van der Waals surface area contributed by atoms with Gasteiger partial charge in [0.05, 0.1) is 41.7 Å². The van der Waals surface area contributed by atoms with Gasteiger partial charge in [0.1, 0.15) is 17.3 Å². The van der Waals surface area contributed by atoms with E-state index < -0.39 is 249 Å². The van der Waals surface area contributed by atoms with Crippen molar-refractivity contribution in [3.8, 4) is 73.2 Å². The molecule has 0 atom stereocenters. The molecule has 0 saturated carbocycles. The number of pyridine rings is 1. The Labute approximate surface area is 598 Å². The first-order valence-electron chi connectivity index (χ1n) is 52.9. The van der Waals surface area contributed by atoms with Crippen LogP contribution in [0.1, 0.15) is 220 Å². The highest BCUT2D eigenvalue weighted by atomic mass is 16.5. The van der Waals surface area contributed by atoms with Gasteiger partial charge in [-0.2, -0.15) is 0 Å². The molecule has 2 aliphatic rings. The van der Waals surface area contributed by atoms with Gasteiger partial charge in [-0.05, 0) is 235 Å². The minimum absolute atomic E-state index is 0.0312. The van der Waals surface area contributed by atoms with Gasteiger partial charge in [-0.25, -0.2) is 4.98 Å². The van der Waals surface area contributed by atoms with E-state index in [0.717, 1.165) is 57.2 Å². The molecule has 0 fully saturated rings. The van der Waals surface area contributed by atoms with E-state index in [-0.39, 0.29) is 45.0 Å². The molecule has 3 heterocycles. The highest BCUT2D eigenvalue weighted by Gasteiger charge is 2.39. The molecule has 12 aromatic rings. The van der Waals surface area contributed by atoms with Gasteiger partial charge in [0.2, 0.25) is 0 Å². The minimum Gasteiger partial charge on any atom is -0.458 e. The van der Waals surface area contributed by atoms with Gasteiger partial charge in [0, 0.05) is 83.3 Å². The number of fused-ring (bicyclic) bond motifs is 6. The predicted molar refractivity (Wildman–Crippen MR) is 372 cm³/mol. The number of hydrogen-bond acceptors (Lipinski definition) is 2. The normalized spacial score (nSPS) is 28.0. The molecule has 9 aromatic carbocycles. The highest BCUT2D eigenvalue weighted by Crippen LogP contribution is 2.50. The highest BCUT2D eigenvalue weighted by molar-refractivity contribution is 6.11. The van der Waals surface area contributed by atoms with Crippen molar-refractivity contribution in [1.29, 1.82) is 0 Å². The molecule has 446 valence electrons. The number of ether oxygens (including phenoxy) is 1. The zero-order valence-electron chi connectivity index (χ0n) is 97.6. The quantitative estimate of drug-likeness (QED) is 0.107. The summed E-state index contributed by atoms with van der Waals surface area (Å²) in [5, 5.41) is 0.920. The number of imidazole rings is 1. The monoisotopic (exact) mass is 1210 g/mol. The lowest BCUT2D eigenvalue weighted by Gasteiger charge is -2.42. The van der Waals surface area contributed by atoms with Crippen LogP contribution in [0.3, 0.4) is 0 Å². The van der Waals surface area contributed by atoms with Gasteiger partial charge >= 0.3 is 0 Å². The van der Waals surface area contributed by atoms with E-state index in [4.69, 9.17) is 42.6 Å². The molecule has 0 N–H and O–H groups in total. The molecule has 0 bridgehead atoms. The molecule has 5 nitrogen and oxygen atoms in total. The third kappa shape index (κ3) is 9.91. The summed E-state index contributed by atoms with van der Waals surface area (Å²) >= 11 is 0. The first kappa shape index (κ1) is 24.5. The molecule has 3 aromatic heterocycles. The first-order chi connectivity index (χ1) is 62.8. The molecule has 89 heavy (non-hydrogen) atoms. The van der Waals surface area contributed by atoms with Crippen LogP contribution in [-0.4, -0.2) is 14.1 Å². The summed E-state index contributed by atoms with van der Waals surface area (Å²) in [7, 11) is 0. The zero-order valence-corrected chi connectivity index (χ0v) is 47.6. The molecule has 14 rings (SSSR count). The number of hydrogen-bond donors (Lipinski definition) is 0. The SMILES string of the molecule is [2H]c1c([2H])c2c(c([2H])c1-c1cccc(-c3c([2H])c([2H])c4c(c3[2H])C(C([2H])([2H])[2H])(C([2H])([2H])[2H])C([2H])([2H])C([2H])([2H])C4(C([2H])([2H])[2H])C([2H])([2H])[2H])c1-[n+]1[c-]n(-c3cccc(Oc4ccc5c6cc(-c7c(C([2H])([2H])[2H])cccc7C([2H])([2H])[2H])ccc6n(-c6cc(C(C)(C)C)ccn6)c5c4)c3)c3ccc(-c4c(C([2H])([2H])[2H])cccc4C([2H])([2H])[2H])cc31)C(C([2H])([2H])[2H])(C([2H])([2H])[2H])C([2H])([2H])C([2H])([2H])C2(C([2H])([2H])[2H])C([2H])([2H])[2H]. The maximum atomic E-state index is 10.6. The summed E-state index contributed by atoms with van der Waals surface area (Å²) in [6.45, 7) is -43.8. The van der Waals surface area contributed by atoms with E-state index in [0.29, 0.717) is 27.6 Å². The van der Waals surface area contributed by atoms with Crippen LogP contribution in [0.5, 0.6) is 11.5 Å². The van der Waals surface area contributed by atoms with Crippen molar-refractivity contribution in [2.24, 2.45) is 0 Å². The zero-order chi connectivity index (χ0) is 105. The fraction of sp³-hybridized carbons (Fsp3) is 0.286. The number of benzene rings is 9. The standard InChI is InChI=1S/C84H84N4O/c1-52-20-16-21-53(2)77(52)58-30-36-72-67(44-58)66-33-32-63(50-74(66)88(72)76-48-60(38-43-85-76)80(5,6)7)89-62-25-18-24-61(49-62)86-51-87(75-47-59(31-37-73(75)86)78-54(3)22-17-23-55(78)4)79-64(56-28-34-68-70(45-56)83(12,13)41-39-81(68,8)9)26-19-27-65(79)57-29-35-69-71(46-57)84(14,15)42-40-82(69,10)11/h16-38,43-50H,39-42H2,1-15H3/i1D3,2D3,3D3,4D3,8D3,9D3,10D3,11D3,12D3,13D3,14D3,15D3,28D,29D,34D,35D,39D2,40D2,41D2,42D2,45D,46D. The maximum Gasteiger partial charge on any atom is 0.269 e. The van der Waals surface area contributed by atoms with Crippen molar-refractivity contribution >= 4 is 32.8 Å². The summed E-state index contributed by atoms with van der Waals surface area (Å²) in [6.07, 6.45) is -15.3. The second kappa shape index (κ2) is 20.9. The Hall–Kier alpha value is -8.80. The van der Waals surface area contributed by atoms with Crippen LogP contribution in [0.25, 0.3) is 94.5 Å². The van der Waals surface area contributed by atoms with Crippen LogP contribution < -0.4 is 9.30 Å². The average molecular weight is 1220 g/mol. The minimum atomic E-state index is -5.00. The predicted octanol–water partition coefficient (Wildman–Crippen LogP) is 21.9. The molecular weight excluding hydrogens is 1080 g/mol.